The summed E-state index contributed by atoms with van der Waals surface area (Å²) in [6.45, 7) is 1.98. The molecule has 2 aromatic rings. The lowest BCUT2D eigenvalue weighted by Crippen LogP contribution is -2.38. The zero-order valence-electron chi connectivity index (χ0n) is 10.9. The summed E-state index contributed by atoms with van der Waals surface area (Å²) in [5.74, 6) is -0.245. The summed E-state index contributed by atoms with van der Waals surface area (Å²) in [7, 11) is 1.73. The number of hydrogen-bond donors (Lipinski definition) is 1. The smallest absolute Gasteiger partial charge is 0.259 e. The highest BCUT2D eigenvalue weighted by molar-refractivity contribution is 7.09. The van der Waals surface area contributed by atoms with Gasteiger partial charge in [0.05, 0.1) is 0 Å². The first-order valence-corrected chi connectivity index (χ1v) is 6.94. The zero-order valence-corrected chi connectivity index (χ0v) is 11.7. The van der Waals surface area contributed by atoms with Gasteiger partial charge in [0.25, 0.3) is 5.91 Å². The van der Waals surface area contributed by atoms with E-state index in [0.717, 1.165) is 6.42 Å². The number of thiophene rings is 1. The summed E-state index contributed by atoms with van der Waals surface area (Å²) in [5.41, 5.74) is -0.0676. The van der Waals surface area contributed by atoms with Crippen molar-refractivity contribution in [1.29, 1.82) is 0 Å². The van der Waals surface area contributed by atoms with Crippen molar-refractivity contribution in [3.63, 3.8) is 0 Å². The second-order valence-electron chi connectivity index (χ2n) is 4.47. The summed E-state index contributed by atoms with van der Waals surface area (Å²) >= 11 is 1.67. The number of pyridine rings is 1. The molecule has 2 rings (SSSR count). The molecule has 1 N–H and O–H groups in total. The van der Waals surface area contributed by atoms with E-state index in [0.29, 0.717) is 0 Å². The van der Waals surface area contributed by atoms with E-state index in [1.807, 2.05) is 18.4 Å². The van der Waals surface area contributed by atoms with E-state index < -0.39 is 0 Å². The number of carbonyl (C=O) groups is 1. The summed E-state index contributed by atoms with van der Waals surface area (Å²) in [6, 6.07) is 5.46. The minimum atomic E-state index is -0.251. The van der Waals surface area contributed by atoms with Crippen LogP contribution in [0.15, 0.2) is 40.8 Å². The summed E-state index contributed by atoms with van der Waals surface area (Å²) < 4.78 is 0. The average Bonchev–Trinajstić information content (AvgIpc) is 2.90. The Kier molecular flexibility index (Phi) is 4.16. The Bertz CT molecular complexity index is 604. The SMILES string of the molecule is CC(Cc1cccs1)N(C)C(=O)c1c[nH]ccc1=O. The van der Waals surface area contributed by atoms with Crippen LogP contribution in [0.5, 0.6) is 0 Å². The van der Waals surface area contributed by atoms with Crippen molar-refractivity contribution in [3.8, 4) is 0 Å². The number of likely N-dealkylation sites (N-methyl/N-ethyl adjacent to an activating group) is 1. The number of amides is 1. The number of aromatic amines is 1. The van der Waals surface area contributed by atoms with Gasteiger partial charge in [0, 0.05) is 42.8 Å². The van der Waals surface area contributed by atoms with Crippen molar-refractivity contribution in [2.45, 2.75) is 19.4 Å². The molecule has 0 aliphatic rings. The van der Waals surface area contributed by atoms with Gasteiger partial charge >= 0.3 is 0 Å². The predicted molar refractivity (Wildman–Crippen MR) is 76.6 cm³/mol. The third-order valence-corrected chi connectivity index (χ3v) is 4.01. The van der Waals surface area contributed by atoms with Gasteiger partial charge in [0.2, 0.25) is 0 Å². The third-order valence-electron chi connectivity index (χ3n) is 3.11. The molecule has 0 saturated heterocycles. The second kappa shape index (κ2) is 5.84. The van der Waals surface area contributed by atoms with Crippen LogP contribution in [0.3, 0.4) is 0 Å². The molecule has 1 amide bonds. The fourth-order valence-corrected chi connectivity index (χ4v) is 2.66. The molecule has 0 aliphatic heterocycles. The fraction of sp³-hybridized carbons (Fsp3) is 0.286. The van der Waals surface area contributed by atoms with Crippen molar-refractivity contribution < 1.29 is 4.79 Å². The van der Waals surface area contributed by atoms with Crippen molar-refractivity contribution >= 4 is 17.2 Å². The molecule has 19 heavy (non-hydrogen) atoms. The second-order valence-corrected chi connectivity index (χ2v) is 5.50. The van der Waals surface area contributed by atoms with Gasteiger partial charge < -0.3 is 9.88 Å². The minimum absolute atomic E-state index is 0.0470. The standard InChI is InChI=1S/C14H16N2O2S/c1-10(8-11-4-3-7-19-11)16(2)14(18)12-9-15-6-5-13(12)17/h3-7,9-10H,8H2,1-2H3,(H,15,17). The van der Waals surface area contributed by atoms with E-state index in [1.165, 1.54) is 23.3 Å². The first-order chi connectivity index (χ1) is 9.09. The maximum atomic E-state index is 12.2. The van der Waals surface area contributed by atoms with Gasteiger partial charge in [-0.2, -0.15) is 0 Å². The molecule has 2 aromatic heterocycles. The number of H-pyrrole nitrogens is 1. The summed E-state index contributed by atoms with van der Waals surface area (Å²) in [5, 5.41) is 2.02. The molecule has 2 heterocycles. The Morgan fingerprint density at radius 1 is 1.47 bits per heavy atom. The van der Waals surface area contributed by atoms with E-state index in [2.05, 4.69) is 11.1 Å². The molecule has 1 atom stereocenters. The lowest BCUT2D eigenvalue weighted by molar-refractivity contribution is 0.0742. The number of aromatic nitrogens is 1. The Morgan fingerprint density at radius 3 is 2.89 bits per heavy atom. The quantitative estimate of drug-likeness (QED) is 0.930. The molecule has 0 aliphatic carbocycles. The molecular weight excluding hydrogens is 260 g/mol. The Hall–Kier alpha value is -1.88. The topological polar surface area (TPSA) is 53.2 Å². The molecule has 0 fully saturated rings. The van der Waals surface area contributed by atoms with Crippen LogP contribution >= 0.6 is 11.3 Å². The van der Waals surface area contributed by atoms with Crippen LogP contribution in [0.1, 0.15) is 22.2 Å². The highest BCUT2D eigenvalue weighted by Gasteiger charge is 2.20. The first-order valence-electron chi connectivity index (χ1n) is 6.06. The normalized spacial score (nSPS) is 12.1. The van der Waals surface area contributed by atoms with Crippen LogP contribution in [-0.4, -0.2) is 28.9 Å². The van der Waals surface area contributed by atoms with Gasteiger partial charge in [0.15, 0.2) is 5.43 Å². The number of rotatable bonds is 4. The first kappa shape index (κ1) is 13.5. The van der Waals surface area contributed by atoms with Gasteiger partial charge in [-0.3, -0.25) is 9.59 Å². The third kappa shape index (κ3) is 3.12. The average molecular weight is 276 g/mol. The van der Waals surface area contributed by atoms with Crippen molar-refractivity contribution in [1.82, 2.24) is 9.88 Å². The minimum Gasteiger partial charge on any atom is -0.367 e. The van der Waals surface area contributed by atoms with E-state index in [1.54, 1.807) is 23.3 Å². The van der Waals surface area contributed by atoms with E-state index in [-0.39, 0.29) is 22.9 Å². The molecule has 100 valence electrons. The molecule has 0 radical (unpaired) electrons. The molecule has 5 heteroatoms. The lowest BCUT2D eigenvalue weighted by Gasteiger charge is -2.24. The monoisotopic (exact) mass is 276 g/mol. The summed E-state index contributed by atoms with van der Waals surface area (Å²) in [4.78, 5) is 29.5. The van der Waals surface area contributed by atoms with Crippen LogP contribution in [0, 0.1) is 0 Å². The van der Waals surface area contributed by atoms with Crippen LogP contribution in [0.4, 0.5) is 0 Å². The highest BCUT2D eigenvalue weighted by atomic mass is 32.1. The Labute approximate surface area is 115 Å². The van der Waals surface area contributed by atoms with E-state index in [4.69, 9.17) is 0 Å². The Balaban J connectivity index is 2.11. The highest BCUT2D eigenvalue weighted by Crippen LogP contribution is 2.14. The molecule has 0 aromatic carbocycles. The van der Waals surface area contributed by atoms with E-state index >= 15 is 0 Å². The van der Waals surface area contributed by atoms with Crippen LogP contribution in [0.25, 0.3) is 0 Å². The van der Waals surface area contributed by atoms with Gasteiger partial charge in [-0.15, -0.1) is 11.3 Å². The van der Waals surface area contributed by atoms with Crippen LogP contribution in [-0.2, 0) is 6.42 Å². The van der Waals surface area contributed by atoms with Crippen LogP contribution < -0.4 is 5.43 Å². The Morgan fingerprint density at radius 2 is 2.26 bits per heavy atom. The maximum absolute atomic E-state index is 12.2. The largest absolute Gasteiger partial charge is 0.367 e. The zero-order chi connectivity index (χ0) is 13.8. The van der Waals surface area contributed by atoms with E-state index in [9.17, 15) is 9.59 Å². The molecule has 0 spiro atoms. The maximum Gasteiger partial charge on any atom is 0.259 e. The summed E-state index contributed by atoms with van der Waals surface area (Å²) in [6.07, 6.45) is 3.78. The van der Waals surface area contributed by atoms with Crippen molar-refractivity contribution in [2.75, 3.05) is 7.05 Å². The van der Waals surface area contributed by atoms with Gasteiger partial charge in [-0.1, -0.05) is 6.07 Å². The number of carbonyl (C=O) groups excluding carboxylic acids is 1. The van der Waals surface area contributed by atoms with Gasteiger partial charge in [-0.25, -0.2) is 0 Å². The fourth-order valence-electron chi connectivity index (χ4n) is 1.83. The molecule has 1 unspecified atom stereocenters. The predicted octanol–water partition coefficient (Wildman–Crippen LogP) is 2.14. The van der Waals surface area contributed by atoms with Crippen molar-refractivity contribution in [2.24, 2.45) is 0 Å². The number of nitrogens with one attached hydrogen (secondary N) is 1. The van der Waals surface area contributed by atoms with Gasteiger partial charge in [0.1, 0.15) is 5.56 Å². The lowest BCUT2D eigenvalue weighted by atomic mass is 10.1. The van der Waals surface area contributed by atoms with Crippen LogP contribution in [0.2, 0.25) is 0 Å². The van der Waals surface area contributed by atoms with Crippen molar-refractivity contribution in [3.05, 3.63) is 56.6 Å². The molecule has 4 nitrogen and oxygen atoms in total. The number of nitrogens with zero attached hydrogens (tertiary/aromatic N) is 1. The van der Waals surface area contributed by atoms with Gasteiger partial charge in [-0.05, 0) is 18.4 Å². The molecule has 0 saturated carbocycles. The molecular formula is C14H16N2O2S. The number of hydrogen-bond acceptors (Lipinski definition) is 3. The molecule has 0 bridgehead atoms.